The molecular weight excluding hydrogens is 424 g/mol. The molecule has 2 aromatic carbocycles. The number of aromatic nitrogens is 2. The number of piperidine rings is 1. The van der Waals surface area contributed by atoms with Crippen LogP contribution in [0.15, 0.2) is 60.9 Å². The Morgan fingerprint density at radius 3 is 2.35 bits per heavy atom. The van der Waals surface area contributed by atoms with E-state index in [1.165, 1.54) is 12.8 Å². The van der Waals surface area contributed by atoms with Crippen LogP contribution < -0.4 is 5.32 Å². The predicted molar refractivity (Wildman–Crippen MR) is 133 cm³/mol. The Hall–Kier alpha value is -3.28. The molecule has 0 bridgehead atoms. The smallest absolute Gasteiger partial charge is 0.230 e. The molecule has 1 aromatic heterocycles. The average molecular weight is 457 g/mol. The molecular formula is C28H32N4O2. The fourth-order valence-corrected chi connectivity index (χ4v) is 5.64. The maximum absolute atomic E-state index is 13.6. The number of carbonyl (C=O) groups excluding carboxylic acids is 2. The molecule has 1 N–H and O–H groups in total. The zero-order chi connectivity index (χ0) is 23.3. The summed E-state index contributed by atoms with van der Waals surface area (Å²) in [5.74, 6) is 1.01. The topological polar surface area (TPSA) is 75.2 Å². The van der Waals surface area contributed by atoms with Gasteiger partial charge in [-0.1, -0.05) is 43.2 Å². The largest absolute Gasteiger partial charge is 0.342 e. The van der Waals surface area contributed by atoms with Crippen molar-refractivity contribution in [1.82, 2.24) is 14.9 Å². The molecule has 6 nitrogen and oxygen atoms in total. The van der Waals surface area contributed by atoms with Gasteiger partial charge in [0.25, 0.3) is 0 Å². The number of amides is 2. The second-order valence-corrected chi connectivity index (χ2v) is 9.71. The molecule has 1 aliphatic carbocycles. The van der Waals surface area contributed by atoms with E-state index < -0.39 is 0 Å². The van der Waals surface area contributed by atoms with E-state index in [1.54, 1.807) is 12.4 Å². The maximum Gasteiger partial charge on any atom is 0.230 e. The highest BCUT2D eigenvalue weighted by molar-refractivity contribution is 5.93. The first-order chi connectivity index (χ1) is 16.7. The first-order valence-electron chi connectivity index (χ1n) is 12.5. The zero-order valence-electron chi connectivity index (χ0n) is 19.5. The van der Waals surface area contributed by atoms with Crippen LogP contribution in [0.2, 0.25) is 0 Å². The lowest BCUT2D eigenvalue weighted by Crippen LogP contribution is -2.43. The van der Waals surface area contributed by atoms with Gasteiger partial charge < -0.3 is 10.2 Å². The molecule has 2 amide bonds. The standard InChI is InChI=1S/C28H32N4O2/c33-26(31-23-10-11-24-25(19-23)30-15-14-29-24)18-20-12-16-32(17-13-20)28(34)27(22-8-4-5-9-22)21-6-2-1-3-7-21/h1-3,6-7,10-11,14-15,19-20,22,27H,4-5,8-9,12-13,16-18H2,(H,31,33). The fourth-order valence-electron chi connectivity index (χ4n) is 5.64. The SMILES string of the molecule is O=C(CC1CCN(C(=O)C(c2ccccc2)C2CCCC2)CC1)Nc1ccc2nccnc2c1. The lowest BCUT2D eigenvalue weighted by Gasteiger charge is -2.36. The summed E-state index contributed by atoms with van der Waals surface area (Å²) in [5.41, 5.74) is 3.47. The van der Waals surface area contributed by atoms with Gasteiger partial charge >= 0.3 is 0 Å². The van der Waals surface area contributed by atoms with Gasteiger partial charge in [-0.15, -0.1) is 0 Å². The first kappa shape index (κ1) is 22.5. The highest BCUT2D eigenvalue weighted by Gasteiger charge is 2.36. The summed E-state index contributed by atoms with van der Waals surface area (Å²) in [6.07, 6.45) is 10.3. The average Bonchev–Trinajstić information content (AvgIpc) is 3.39. The minimum atomic E-state index is -0.0282. The van der Waals surface area contributed by atoms with Gasteiger partial charge in [-0.25, -0.2) is 0 Å². The number of likely N-dealkylation sites (tertiary alicyclic amines) is 1. The third kappa shape index (κ3) is 5.11. The van der Waals surface area contributed by atoms with E-state index in [0.717, 1.165) is 61.1 Å². The van der Waals surface area contributed by atoms with Crippen LogP contribution in [0.3, 0.4) is 0 Å². The van der Waals surface area contributed by atoms with E-state index in [9.17, 15) is 9.59 Å². The van der Waals surface area contributed by atoms with Crippen LogP contribution in [-0.2, 0) is 9.59 Å². The van der Waals surface area contributed by atoms with Gasteiger partial charge in [-0.05, 0) is 61.3 Å². The molecule has 0 radical (unpaired) electrons. The van der Waals surface area contributed by atoms with Crippen LogP contribution in [0.4, 0.5) is 5.69 Å². The summed E-state index contributed by atoms with van der Waals surface area (Å²) >= 11 is 0. The molecule has 1 atom stereocenters. The van der Waals surface area contributed by atoms with Crippen molar-refractivity contribution in [3.63, 3.8) is 0 Å². The molecule has 1 saturated heterocycles. The number of benzene rings is 2. The molecule has 2 aliphatic rings. The van der Waals surface area contributed by atoms with Gasteiger partial charge in [0.05, 0.1) is 17.0 Å². The molecule has 2 heterocycles. The molecule has 5 rings (SSSR count). The zero-order valence-corrected chi connectivity index (χ0v) is 19.5. The van der Waals surface area contributed by atoms with Gasteiger partial charge in [-0.3, -0.25) is 19.6 Å². The van der Waals surface area contributed by atoms with E-state index >= 15 is 0 Å². The third-order valence-electron chi connectivity index (χ3n) is 7.45. The number of hydrogen-bond acceptors (Lipinski definition) is 4. The number of nitrogens with zero attached hydrogens (tertiary/aromatic N) is 3. The Bertz CT molecular complexity index is 1140. The number of rotatable bonds is 6. The Kier molecular flexibility index (Phi) is 6.84. The van der Waals surface area contributed by atoms with Crippen molar-refractivity contribution >= 4 is 28.5 Å². The fraction of sp³-hybridized carbons (Fsp3) is 0.429. The van der Waals surface area contributed by atoms with Crippen LogP contribution in [0, 0.1) is 11.8 Å². The summed E-state index contributed by atoms with van der Waals surface area (Å²) in [7, 11) is 0. The second kappa shape index (κ2) is 10.3. The molecule has 34 heavy (non-hydrogen) atoms. The molecule has 176 valence electrons. The van der Waals surface area contributed by atoms with Gasteiger partial charge in [-0.2, -0.15) is 0 Å². The Morgan fingerprint density at radius 2 is 1.62 bits per heavy atom. The Balaban J connectivity index is 1.16. The summed E-state index contributed by atoms with van der Waals surface area (Å²) in [5, 5.41) is 3.00. The molecule has 1 saturated carbocycles. The number of carbonyl (C=O) groups is 2. The summed E-state index contributed by atoms with van der Waals surface area (Å²) in [6.45, 7) is 1.47. The van der Waals surface area contributed by atoms with Gasteiger partial charge in [0, 0.05) is 37.6 Å². The van der Waals surface area contributed by atoms with Crippen molar-refractivity contribution in [3.8, 4) is 0 Å². The van der Waals surface area contributed by atoms with E-state index in [4.69, 9.17) is 0 Å². The highest BCUT2D eigenvalue weighted by Crippen LogP contribution is 2.39. The molecule has 0 spiro atoms. The summed E-state index contributed by atoms with van der Waals surface area (Å²) in [4.78, 5) is 36.9. The third-order valence-corrected chi connectivity index (χ3v) is 7.45. The van der Waals surface area contributed by atoms with Crippen molar-refractivity contribution in [2.45, 2.75) is 50.9 Å². The van der Waals surface area contributed by atoms with E-state index in [-0.39, 0.29) is 17.7 Å². The minimum Gasteiger partial charge on any atom is -0.342 e. The molecule has 2 fully saturated rings. The Labute approximate surface area is 200 Å². The van der Waals surface area contributed by atoms with E-state index in [1.807, 2.05) is 41.3 Å². The van der Waals surface area contributed by atoms with Crippen LogP contribution in [0.25, 0.3) is 11.0 Å². The van der Waals surface area contributed by atoms with Crippen LogP contribution in [-0.4, -0.2) is 39.8 Å². The quantitative estimate of drug-likeness (QED) is 0.555. The minimum absolute atomic E-state index is 0.0149. The molecule has 6 heteroatoms. The first-order valence-corrected chi connectivity index (χ1v) is 12.5. The maximum atomic E-state index is 13.6. The van der Waals surface area contributed by atoms with E-state index in [0.29, 0.717) is 18.3 Å². The Morgan fingerprint density at radius 1 is 0.912 bits per heavy atom. The lowest BCUT2D eigenvalue weighted by atomic mass is 9.83. The van der Waals surface area contributed by atoms with Crippen LogP contribution in [0.5, 0.6) is 0 Å². The number of hydrogen-bond donors (Lipinski definition) is 1. The van der Waals surface area contributed by atoms with Crippen molar-refractivity contribution in [2.75, 3.05) is 18.4 Å². The lowest BCUT2D eigenvalue weighted by molar-refractivity contribution is -0.135. The number of nitrogens with one attached hydrogen (secondary N) is 1. The van der Waals surface area contributed by atoms with Crippen molar-refractivity contribution in [3.05, 3.63) is 66.5 Å². The predicted octanol–water partition coefficient (Wildman–Crippen LogP) is 5.17. The monoisotopic (exact) mass is 456 g/mol. The molecule has 1 aliphatic heterocycles. The van der Waals surface area contributed by atoms with Gasteiger partial charge in [0.1, 0.15) is 0 Å². The summed E-state index contributed by atoms with van der Waals surface area (Å²) < 4.78 is 0. The second-order valence-electron chi connectivity index (χ2n) is 9.71. The van der Waals surface area contributed by atoms with E-state index in [2.05, 4.69) is 27.4 Å². The van der Waals surface area contributed by atoms with Crippen molar-refractivity contribution in [1.29, 1.82) is 0 Å². The number of anilines is 1. The van der Waals surface area contributed by atoms with Crippen molar-refractivity contribution in [2.24, 2.45) is 11.8 Å². The summed E-state index contributed by atoms with van der Waals surface area (Å²) in [6, 6.07) is 15.9. The normalized spacial score (nSPS) is 18.2. The molecule has 3 aromatic rings. The van der Waals surface area contributed by atoms with Crippen LogP contribution >= 0.6 is 0 Å². The number of fused-ring (bicyclic) bond motifs is 1. The van der Waals surface area contributed by atoms with Crippen molar-refractivity contribution < 1.29 is 9.59 Å². The highest BCUT2D eigenvalue weighted by atomic mass is 16.2. The van der Waals surface area contributed by atoms with Gasteiger partial charge in [0.2, 0.25) is 11.8 Å². The molecule has 1 unspecified atom stereocenters. The van der Waals surface area contributed by atoms with Crippen LogP contribution in [0.1, 0.15) is 56.4 Å². The van der Waals surface area contributed by atoms with Gasteiger partial charge in [0.15, 0.2) is 0 Å².